The number of likely N-dealkylation sites (N-methyl/N-ethyl adjacent to an activating group) is 1. The Balaban J connectivity index is 1.33. The van der Waals surface area contributed by atoms with Crippen molar-refractivity contribution in [3.63, 3.8) is 0 Å². The van der Waals surface area contributed by atoms with E-state index in [4.69, 9.17) is 24.2 Å². The van der Waals surface area contributed by atoms with E-state index in [1.165, 1.54) is 12.3 Å². The number of alkyl halides is 3. The molecule has 2 unspecified atom stereocenters. The molecule has 13 nitrogen and oxygen atoms in total. The van der Waals surface area contributed by atoms with Gasteiger partial charge in [-0.15, -0.1) is 0 Å². The Bertz CT molecular complexity index is 1890. The van der Waals surface area contributed by atoms with E-state index in [9.17, 15) is 23.2 Å². The van der Waals surface area contributed by atoms with Crippen molar-refractivity contribution in [1.82, 2.24) is 29.5 Å². The Labute approximate surface area is 322 Å². The fraction of sp³-hybridized carbons (Fsp3) is 0.658. The first-order valence-electron chi connectivity index (χ1n) is 19.1. The monoisotopic (exact) mass is 785 g/mol. The molecule has 3 aliphatic rings. The Morgan fingerprint density at radius 3 is 2.51 bits per heavy atom. The number of anilines is 2. The van der Waals surface area contributed by atoms with Crippen LogP contribution in [-0.4, -0.2) is 114 Å². The zero-order valence-corrected chi connectivity index (χ0v) is 34.1. The van der Waals surface area contributed by atoms with E-state index in [1.807, 2.05) is 4.90 Å². The van der Waals surface area contributed by atoms with Crippen molar-refractivity contribution in [1.29, 1.82) is 5.26 Å². The largest absolute Gasteiger partial charge is 0.462 e. The maximum Gasteiger partial charge on any atom is 0.418 e. The summed E-state index contributed by atoms with van der Waals surface area (Å²) in [6, 6.07) is 5.67. The number of nitrogens with zero attached hydrogens (tertiary/aromatic N) is 9. The van der Waals surface area contributed by atoms with Gasteiger partial charge in [-0.25, -0.2) is 9.48 Å². The number of halogens is 3. The zero-order chi connectivity index (χ0) is 39.7. The number of ether oxygens (including phenoxy) is 3. The second-order valence-corrected chi connectivity index (χ2v) is 22.7. The van der Waals surface area contributed by atoms with Crippen LogP contribution in [0.25, 0.3) is 10.9 Å². The first kappa shape index (κ1) is 40.5. The minimum Gasteiger partial charge on any atom is -0.462 e. The molecule has 0 spiro atoms. The van der Waals surface area contributed by atoms with E-state index in [-0.39, 0.29) is 44.0 Å². The molecule has 2 fully saturated rings. The van der Waals surface area contributed by atoms with Crippen molar-refractivity contribution < 1.29 is 32.2 Å². The standard InChI is InChI=1S/C38H54F3N9O4Si/c1-37(2,3)54-36(51)49-18-17-48(22-26(49)12-14-42)34-28-13-16-47(23-31(28)44-35(45-34)53-24-27-9-8-15-46(27)4)33-29-21-43-50(25-52-19-20-55(5,6)7)32(29)11-10-30(33)38(39,40)41/h10-11,21,26-27H,8-9,12-13,15-20,22-25H2,1-7H3. The second kappa shape index (κ2) is 16.1. The minimum absolute atomic E-state index is 0.0549. The molecule has 1 aromatic carbocycles. The summed E-state index contributed by atoms with van der Waals surface area (Å²) in [4.78, 5) is 30.5. The van der Waals surface area contributed by atoms with Gasteiger partial charge < -0.3 is 33.8 Å². The summed E-state index contributed by atoms with van der Waals surface area (Å²) in [6.07, 6.45) is -1.09. The van der Waals surface area contributed by atoms with Gasteiger partial charge in [-0.1, -0.05) is 19.6 Å². The molecular formula is C38H54F3N9O4Si. The van der Waals surface area contributed by atoms with Crippen LogP contribution in [0.2, 0.25) is 25.7 Å². The highest BCUT2D eigenvalue weighted by molar-refractivity contribution is 6.76. The van der Waals surface area contributed by atoms with Gasteiger partial charge in [0, 0.05) is 57.9 Å². The van der Waals surface area contributed by atoms with Crippen LogP contribution < -0.4 is 14.5 Å². The zero-order valence-electron chi connectivity index (χ0n) is 33.1. The molecule has 300 valence electrons. The number of piperazine rings is 1. The van der Waals surface area contributed by atoms with E-state index in [2.05, 4.69) is 42.8 Å². The average Bonchev–Trinajstić information content (AvgIpc) is 3.72. The highest BCUT2D eigenvalue weighted by atomic mass is 28.3. The Morgan fingerprint density at radius 1 is 1.05 bits per heavy atom. The van der Waals surface area contributed by atoms with E-state index in [1.54, 1.807) is 35.3 Å². The summed E-state index contributed by atoms with van der Waals surface area (Å²) in [5.41, 5.74) is 0.564. The van der Waals surface area contributed by atoms with Crippen LogP contribution in [0.5, 0.6) is 6.01 Å². The van der Waals surface area contributed by atoms with Crippen molar-refractivity contribution in [2.24, 2.45) is 0 Å². The third-order valence-corrected chi connectivity index (χ3v) is 12.2. The molecule has 2 atom stereocenters. The molecule has 55 heavy (non-hydrogen) atoms. The number of rotatable bonds is 11. The number of aromatic nitrogens is 4. The fourth-order valence-electron chi connectivity index (χ4n) is 7.50. The molecule has 3 aliphatic heterocycles. The molecule has 0 saturated carbocycles. The summed E-state index contributed by atoms with van der Waals surface area (Å²) in [5, 5.41) is 14.6. The van der Waals surface area contributed by atoms with Crippen molar-refractivity contribution >= 4 is 36.6 Å². The Hall–Kier alpha value is -4.14. The highest BCUT2D eigenvalue weighted by Gasteiger charge is 2.39. The SMILES string of the molecule is CN1CCCC1COc1nc2c(c(N3CCN(C(=O)OC(C)(C)C)C(CC#N)C3)n1)CCN(c1c(C(F)(F)F)ccc3c1cnn3COCC[Si](C)(C)C)C2. The topological polar surface area (TPSA) is 125 Å². The van der Waals surface area contributed by atoms with Gasteiger partial charge >= 0.3 is 18.3 Å². The number of hydrogen-bond donors (Lipinski definition) is 0. The van der Waals surface area contributed by atoms with Crippen molar-refractivity contribution in [3.05, 3.63) is 35.2 Å². The lowest BCUT2D eigenvalue weighted by molar-refractivity contribution is -0.137. The number of carbonyl (C=O) groups excluding carboxylic acids is 1. The molecule has 0 aliphatic carbocycles. The minimum atomic E-state index is -4.61. The van der Waals surface area contributed by atoms with Gasteiger partial charge in [0.1, 0.15) is 24.8 Å². The number of benzene rings is 1. The van der Waals surface area contributed by atoms with Crippen LogP contribution in [0, 0.1) is 11.3 Å². The van der Waals surface area contributed by atoms with Gasteiger partial charge in [-0.2, -0.15) is 33.5 Å². The highest BCUT2D eigenvalue weighted by Crippen LogP contribution is 2.43. The smallest absolute Gasteiger partial charge is 0.418 e. The van der Waals surface area contributed by atoms with Crippen LogP contribution >= 0.6 is 0 Å². The Kier molecular flexibility index (Phi) is 11.9. The maximum atomic E-state index is 14.7. The van der Waals surface area contributed by atoms with Gasteiger partial charge in [0.15, 0.2) is 0 Å². The fourth-order valence-corrected chi connectivity index (χ4v) is 8.25. The summed E-state index contributed by atoms with van der Waals surface area (Å²) in [5.74, 6) is 0.615. The van der Waals surface area contributed by atoms with Crippen molar-refractivity contribution in [2.45, 2.75) is 109 Å². The summed E-state index contributed by atoms with van der Waals surface area (Å²) < 4.78 is 63.7. The molecule has 3 aromatic rings. The Morgan fingerprint density at radius 2 is 1.84 bits per heavy atom. The van der Waals surface area contributed by atoms with Gasteiger partial charge in [0.05, 0.1) is 53.7 Å². The molecule has 1 amide bonds. The van der Waals surface area contributed by atoms with Crippen LogP contribution in [0.15, 0.2) is 18.3 Å². The number of hydrogen-bond acceptors (Lipinski definition) is 11. The van der Waals surface area contributed by atoms with Crippen molar-refractivity contribution in [3.8, 4) is 12.1 Å². The first-order chi connectivity index (χ1) is 25.9. The van der Waals surface area contributed by atoms with Crippen LogP contribution in [-0.2, 0) is 35.3 Å². The molecule has 2 saturated heterocycles. The molecule has 6 rings (SSSR count). The summed E-state index contributed by atoms with van der Waals surface area (Å²) in [7, 11) is 0.729. The number of carbonyl (C=O) groups is 1. The van der Waals surface area contributed by atoms with Gasteiger partial charge in [0.2, 0.25) is 0 Å². The number of nitriles is 1. The lowest BCUT2D eigenvalue weighted by Crippen LogP contribution is -2.56. The predicted octanol–water partition coefficient (Wildman–Crippen LogP) is 6.53. The second-order valence-electron chi connectivity index (χ2n) is 17.0. The quantitative estimate of drug-likeness (QED) is 0.156. The normalized spacial score (nSPS) is 19.8. The number of amides is 1. The van der Waals surface area contributed by atoms with Crippen molar-refractivity contribution in [2.75, 3.05) is 62.8 Å². The molecule has 2 aromatic heterocycles. The van der Waals surface area contributed by atoms with Crippen LogP contribution in [0.3, 0.4) is 0 Å². The summed E-state index contributed by atoms with van der Waals surface area (Å²) in [6.45, 7) is 15.6. The summed E-state index contributed by atoms with van der Waals surface area (Å²) >= 11 is 0. The number of fused-ring (bicyclic) bond motifs is 2. The average molecular weight is 786 g/mol. The van der Waals surface area contributed by atoms with Crippen LogP contribution in [0.1, 0.15) is 56.9 Å². The van der Waals surface area contributed by atoms with Gasteiger partial charge in [-0.05, 0) is 71.8 Å². The maximum absolute atomic E-state index is 14.7. The van der Waals surface area contributed by atoms with Gasteiger partial charge in [-0.3, -0.25) is 0 Å². The van der Waals surface area contributed by atoms with Crippen LogP contribution in [0.4, 0.5) is 29.5 Å². The lowest BCUT2D eigenvalue weighted by Gasteiger charge is -2.42. The van der Waals surface area contributed by atoms with E-state index < -0.39 is 37.5 Å². The van der Waals surface area contributed by atoms with E-state index in [0.29, 0.717) is 61.7 Å². The van der Waals surface area contributed by atoms with Gasteiger partial charge in [0.25, 0.3) is 0 Å². The predicted molar refractivity (Wildman–Crippen MR) is 206 cm³/mol. The third kappa shape index (κ3) is 9.64. The first-order valence-corrected chi connectivity index (χ1v) is 22.9. The molecule has 5 heterocycles. The molecule has 0 N–H and O–H groups in total. The molecule has 17 heteroatoms. The number of likely N-dealkylation sites (tertiary alicyclic amines) is 1. The van der Waals surface area contributed by atoms with E-state index >= 15 is 0 Å². The molecule has 0 bridgehead atoms. The molecular weight excluding hydrogens is 732 g/mol. The lowest BCUT2D eigenvalue weighted by atomic mass is 10.00. The third-order valence-electron chi connectivity index (χ3n) is 10.5. The van der Waals surface area contributed by atoms with E-state index in [0.717, 1.165) is 37.1 Å². The molecule has 0 radical (unpaired) electrons.